The summed E-state index contributed by atoms with van der Waals surface area (Å²) in [4.78, 5) is 79.3. The Hall–Kier alpha value is -11.4. The number of fused-ring (bicyclic) bond motifs is 2. The normalized spacial score (nSPS) is 11.7. The molecule has 0 fully saturated rings. The van der Waals surface area contributed by atoms with Crippen LogP contribution in [0.3, 0.4) is 0 Å². The zero-order valence-corrected chi connectivity index (χ0v) is 53.2. The summed E-state index contributed by atoms with van der Waals surface area (Å²) in [5.41, 5.74) is 5.55. The van der Waals surface area contributed by atoms with E-state index in [9.17, 15) is 28.8 Å². The maximum atomic E-state index is 13.5. The first-order valence-corrected chi connectivity index (χ1v) is 30.5. The summed E-state index contributed by atoms with van der Waals surface area (Å²) in [6.07, 6.45) is 1.80. The number of benzene rings is 8. The molecule has 0 spiro atoms. The van der Waals surface area contributed by atoms with Crippen LogP contribution >= 0.6 is 0 Å². The molecule has 1 atom stereocenters. The fourth-order valence-corrected chi connectivity index (χ4v) is 9.54. The second-order valence-electron chi connectivity index (χ2n) is 23.7. The van der Waals surface area contributed by atoms with Crippen molar-refractivity contribution in [2.75, 3.05) is 0 Å². The molecule has 0 bridgehead atoms. The summed E-state index contributed by atoms with van der Waals surface area (Å²) in [5, 5.41) is 6.49. The Balaban J connectivity index is 0.000000221. The van der Waals surface area contributed by atoms with Crippen LogP contribution in [-0.4, -0.2) is 62.7 Å². The molecule has 0 saturated heterocycles. The Kier molecular flexibility index (Phi) is 22.8. The van der Waals surface area contributed by atoms with Gasteiger partial charge in [-0.15, -0.1) is 0 Å². The third-order valence-electron chi connectivity index (χ3n) is 14.0. The van der Waals surface area contributed by atoms with Crippen LogP contribution < -0.4 is 20.1 Å². The number of alkyl carbamates (subject to hydrolysis) is 2. The quantitative estimate of drug-likeness (QED) is 0.0390. The third-order valence-corrected chi connectivity index (χ3v) is 14.0. The molecule has 0 unspecified atom stereocenters. The number of aromatic nitrogens is 2. The van der Waals surface area contributed by atoms with Crippen molar-refractivity contribution in [2.45, 2.75) is 105 Å². The summed E-state index contributed by atoms with van der Waals surface area (Å²) in [5.74, 6) is -0.347. The Morgan fingerprint density at radius 3 is 1.23 bits per heavy atom. The van der Waals surface area contributed by atoms with E-state index in [4.69, 9.17) is 37.9 Å². The highest BCUT2D eigenvalue weighted by Crippen LogP contribution is 2.31. The molecule has 2 amide bonds. The fourth-order valence-electron chi connectivity index (χ4n) is 9.54. The lowest BCUT2D eigenvalue weighted by molar-refractivity contribution is -0.147. The van der Waals surface area contributed by atoms with Gasteiger partial charge in [0.15, 0.2) is 0 Å². The molecule has 0 radical (unpaired) electrons. The first-order valence-electron chi connectivity index (χ1n) is 30.5. The minimum atomic E-state index is -1.11. The van der Waals surface area contributed by atoms with Gasteiger partial charge < -0.3 is 43.2 Å². The predicted molar refractivity (Wildman–Crippen MR) is 356 cm³/mol. The van der Waals surface area contributed by atoms with Gasteiger partial charge in [-0.1, -0.05) is 182 Å². The molecule has 18 heteroatoms. The minimum Gasteiger partial charge on any atom is -0.489 e. The minimum absolute atomic E-state index is 0.0112. The molecule has 8 aromatic carbocycles. The smallest absolute Gasteiger partial charge is 0.418 e. The van der Waals surface area contributed by atoms with Crippen LogP contribution in [-0.2, 0) is 84.1 Å². The van der Waals surface area contributed by atoms with Gasteiger partial charge >= 0.3 is 36.3 Å². The van der Waals surface area contributed by atoms with Gasteiger partial charge in [-0.25, -0.2) is 28.8 Å². The van der Waals surface area contributed by atoms with Crippen molar-refractivity contribution in [1.29, 1.82) is 0 Å². The molecule has 0 aliphatic heterocycles. The second-order valence-corrected chi connectivity index (χ2v) is 23.7. The van der Waals surface area contributed by atoms with Gasteiger partial charge in [0.2, 0.25) is 0 Å². The Bertz CT molecular complexity index is 4200. The van der Waals surface area contributed by atoms with Crippen LogP contribution in [0, 0.1) is 0 Å². The van der Waals surface area contributed by atoms with Crippen LogP contribution in [0.25, 0.3) is 27.9 Å². The van der Waals surface area contributed by atoms with Crippen LogP contribution in [0.15, 0.2) is 236 Å². The first-order chi connectivity index (χ1) is 45.3. The Morgan fingerprint density at radius 2 is 0.798 bits per heavy atom. The average molecular weight is 1270 g/mol. The molecular weight excluding hydrogens is 1190 g/mol. The van der Waals surface area contributed by atoms with Crippen molar-refractivity contribution < 1.29 is 66.7 Å². The van der Waals surface area contributed by atoms with Gasteiger partial charge in [0.05, 0.1) is 11.0 Å². The topological polar surface area (TPSA) is 210 Å². The number of nitrogens with one attached hydrogen (secondary N) is 2. The van der Waals surface area contributed by atoms with Crippen molar-refractivity contribution in [3.05, 3.63) is 281 Å². The van der Waals surface area contributed by atoms with E-state index >= 15 is 0 Å². The molecular formula is C76H74N4O14. The molecule has 0 aliphatic carbocycles. The van der Waals surface area contributed by atoms with Gasteiger partial charge in [-0.3, -0.25) is 14.5 Å². The predicted octanol–water partition coefficient (Wildman–Crippen LogP) is 15.6. The second kappa shape index (κ2) is 32.1. The Morgan fingerprint density at radius 1 is 0.426 bits per heavy atom. The van der Waals surface area contributed by atoms with Crippen molar-refractivity contribution in [3.63, 3.8) is 0 Å². The van der Waals surface area contributed by atoms with E-state index in [1.807, 2.05) is 188 Å². The van der Waals surface area contributed by atoms with E-state index < -0.39 is 53.6 Å². The number of hydrogen-bond acceptors (Lipinski definition) is 14. The van der Waals surface area contributed by atoms with E-state index in [1.54, 1.807) is 84.3 Å². The van der Waals surface area contributed by atoms with E-state index in [-0.39, 0.29) is 38.5 Å². The van der Waals surface area contributed by atoms with Crippen molar-refractivity contribution in [3.8, 4) is 11.5 Å². The van der Waals surface area contributed by atoms with Gasteiger partial charge in [-0.2, -0.15) is 0 Å². The number of esters is 2. The third kappa shape index (κ3) is 20.3. The summed E-state index contributed by atoms with van der Waals surface area (Å²) in [7, 11) is 0. The lowest BCUT2D eigenvalue weighted by Gasteiger charge is -2.23. The van der Waals surface area contributed by atoms with Crippen LogP contribution in [0.2, 0.25) is 0 Å². The maximum Gasteiger partial charge on any atom is 0.418 e. The van der Waals surface area contributed by atoms with E-state index in [1.165, 1.54) is 15.2 Å². The number of carbonyl (C=O) groups is 6. The molecule has 482 valence electrons. The number of carbonyl (C=O) groups excluding carboxylic acids is 6. The SMILES string of the molecule is CC(C)(C)OC(=O)N/C(=C\c1cn(C(=O)OCc2ccccc2)c2cc(OCc3ccccc3)ccc12)C(=O)OCc1ccccc1.CC(C)(C)OC(=O)N[C@@H](Cc1cn(C(=O)OCc2ccccc2)c2cc(OCc3ccccc3)ccc12)C(=O)OCc1ccccc1. The van der Waals surface area contributed by atoms with Crippen LogP contribution in [0.4, 0.5) is 19.2 Å². The summed E-state index contributed by atoms with van der Waals surface area (Å²) >= 11 is 0. The largest absolute Gasteiger partial charge is 0.489 e. The van der Waals surface area contributed by atoms with Gasteiger partial charge in [0.1, 0.15) is 74.1 Å². The van der Waals surface area contributed by atoms with Gasteiger partial charge in [-0.05, 0) is 111 Å². The first kappa shape index (κ1) is 67.0. The monoisotopic (exact) mass is 1270 g/mol. The number of hydrogen-bond donors (Lipinski definition) is 2. The highest BCUT2D eigenvalue weighted by Gasteiger charge is 2.29. The average Bonchev–Trinajstić information content (AvgIpc) is 1.64. The molecule has 10 rings (SSSR count). The summed E-state index contributed by atoms with van der Waals surface area (Å²) < 4.78 is 48.2. The molecule has 2 aromatic heterocycles. The van der Waals surface area contributed by atoms with E-state index in [2.05, 4.69) is 10.6 Å². The molecule has 2 heterocycles. The lowest BCUT2D eigenvalue weighted by atomic mass is 10.0. The number of nitrogens with zero attached hydrogens (tertiary/aromatic N) is 2. The zero-order chi connectivity index (χ0) is 66.5. The fraction of sp³-hybridized carbons (Fsp3) is 0.211. The van der Waals surface area contributed by atoms with Crippen LogP contribution in [0.1, 0.15) is 86.1 Å². The van der Waals surface area contributed by atoms with Crippen molar-refractivity contribution >= 4 is 64.2 Å². The molecule has 10 aromatic rings. The lowest BCUT2D eigenvalue weighted by Crippen LogP contribution is -2.45. The summed E-state index contributed by atoms with van der Waals surface area (Å²) in [6.45, 7) is 11.2. The number of ether oxygens (including phenoxy) is 8. The molecule has 18 nitrogen and oxygen atoms in total. The highest BCUT2D eigenvalue weighted by molar-refractivity contribution is 6.02. The Labute approximate surface area is 545 Å². The van der Waals surface area contributed by atoms with Crippen molar-refractivity contribution in [2.24, 2.45) is 0 Å². The maximum absolute atomic E-state index is 13.5. The van der Waals surface area contributed by atoms with E-state index in [0.29, 0.717) is 57.6 Å². The molecule has 94 heavy (non-hydrogen) atoms. The van der Waals surface area contributed by atoms with Gasteiger partial charge in [0, 0.05) is 47.3 Å². The number of rotatable bonds is 21. The summed E-state index contributed by atoms with van der Waals surface area (Å²) in [6, 6.07) is 66.2. The van der Waals surface area contributed by atoms with E-state index in [0.717, 1.165) is 33.4 Å². The zero-order valence-electron chi connectivity index (χ0n) is 53.2. The van der Waals surface area contributed by atoms with Gasteiger partial charge in [0.25, 0.3) is 0 Å². The van der Waals surface area contributed by atoms with Crippen LogP contribution in [0.5, 0.6) is 11.5 Å². The standard InChI is InChI=1S/C38H38N2O7.C38H36N2O7/c2*1-38(2,3)47-36(42)39-33(35(41)45-25-28-15-9-5-10-16-28)21-30-23-40(37(43)46-26-29-17-11-6-12-18-29)34-22-31(19-20-32(30)34)44-24-27-13-7-4-8-14-27/h4-20,22-23,33H,21,24-26H2,1-3H3,(H,39,42);4-23H,24-26H2,1-3H3,(H,39,42)/b;33-21-/t33-;/m0./s1. The number of amides is 2. The molecule has 2 N–H and O–H groups in total. The van der Waals surface area contributed by atoms with Crippen molar-refractivity contribution in [1.82, 2.24) is 19.8 Å². The molecule has 0 aliphatic rings. The highest BCUT2D eigenvalue weighted by atomic mass is 16.6. The molecule has 0 saturated carbocycles.